The summed E-state index contributed by atoms with van der Waals surface area (Å²) in [6, 6.07) is 15.8. The number of thiocarbonyl (C=S) groups is 1. The number of hydrogen-bond donors (Lipinski definition) is 1. The van der Waals surface area contributed by atoms with Crippen LogP contribution >= 0.6 is 12.2 Å². The first-order valence-electron chi connectivity index (χ1n) is 7.22. The van der Waals surface area contributed by atoms with Gasteiger partial charge in [0.15, 0.2) is 0 Å². The Labute approximate surface area is 140 Å². The van der Waals surface area contributed by atoms with Crippen LogP contribution in [0.1, 0.15) is 11.1 Å². The van der Waals surface area contributed by atoms with Crippen molar-refractivity contribution in [3.63, 3.8) is 0 Å². The lowest BCUT2D eigenvalue weighted by Crippen LogP contribution is -2.10. The lowest BCUT2D eigenvalue weighted by Gasteiger charge is -2.11. The minimum Gasteiger partial charge on any atom is -0.496 e. The average molecular weight is 323 g/mol. The van der Waals surface area contributed by atoms with E-state index in [1.165, 1.54) is 0 Å². The Bertz CT molecular complexity index is 842. The first-order valence-corrected chi connectivity index (χ1v) is 7.63. The summed E-state index contributed by atoms with van der Waals surface area (Å²) in [5, 5.41) is 0. The van der Waals surface area contributed by atoms with Gasteiger partial charge in [-0.25, -0.2) is 4.98 Å². The highest BCUT2D eigenvalue weighted by atomic mass is 32.1. The van der Waals surface area contributed by atoms with E-state index in [-0.39, 0.29) is 0 Å². The molecule has 0 amide bonds. The number of imidazole rings is 1. The van der Waals surface area contributed by atoms with Crippen LogP contribution in [0.2, 0.25) is 0 Å². The van der Waals surface area contributed by atoms with Crippen LogP contribution in [-0.4, -0.2) is 21.6 Å². The third-order valence-corrected chi connectivity index (χ3v) is 3.86. The number of rotatable bonds is 5. The molecule has 1 heterocycles. The second-order valence-corrected chi connectivity index (χ2v) is 5.58. The van der Waals surface area contributed by atoms with Crippen LogP contribution in [0.25, 0.3) is 11.4 Å². The fourth-order valence-corrected chi connectivity index (χ4v) is 2.66. The molecule has 0 aliphatic heterocycles. The van der Waals surface area contributed by atoms with Crippen LogP contribution in [0.15, 0.2) is 60.9 Å². The summed E-state index contributed by atoms with van der Waals surface area (Å²) in [5.41, 5.74) is 8.66. The van der Waals surface area contributed by atoms with Crippen LogP contribution in [0.4, 0.5) is 0 Å². The highest BCUT2D eigenvalue weighted by molar-refractivity contribution is 7.80. The van der Waals surface area contributed by atoms with E-state index in [4.69, 9.17) is 22.7 Å². The third kappa shape index (κ3) is 3.24. The van der Waals surface area contributed by atoms with E-state index in [1.807, 2.05) is 54.7 Å². The maximum absolute atomic E-state index is 5.71. The molecule has 0 aliphatic rings. The van der Waals surface area contributed by atoms with Crippen molar-refractivity contribution in [3.05, 3.63) is 72.1 Å². The normalized spacial score (nSPS) is 10.5. The van der Waals surface area contributed by atoms with E-state index in [0.717, 1.165) is 28.3 Å². The molecule has 0 saturated heterocycles. The minimum absolute atomic E-state index is 0.405. The van der Waals surface area contributed by atoms with Crippen molar-refractivity contribution in [2.24, 2.45) is 5.73 Å². The van der Waals surface area contributed by atoms with E-state index in [0.29, 0.717) is 11.5 Å². The largest absolute Gasteiger partial charge is 0.496 e. The number of aromatic nitrogens is 2. The molecule has 0 bridgehead atoms. The van der Waals surface area contributed by atoms with Gasteiger partial charge in [-0.1, -0.05) is 42.5 Å². The standard InChI is InChI=1S/C18H17N3OS/c1-22-16-8-3-2-7-15(16)18-20-9-10-21(18)12-13-5-4-6-14(11-13)17(19)23/h2-11H,12H2,1H3,(H2,19,23). The Morgan fingerprint density at radius 2 is 2.04 bits per heavy atom. The van der Waals surface area contributed by atoms with Gasteiger partial charge in [0.2, 0.25) is 0 Å². The van der Waals surface area contributed by atoms with Crippen LogP contribution in [-0.2, 0) is 6.54 Å². The molecule has 5 heteroatoms. The molecule has 0 atom stereocenters. The molecule has 116 valence electrons. The van der Waals surface area contributed by atoms with Crippen LogP contribution < -0.4 is 10.5 Å². The van der Waals surface area contributed by atoms with Gasteiger partial charge in [-0.15, -0.1) is 0 Å². The molecule has 0 unspecified atom stereocenters. The monoisotopic (exact) mass is 323 g/mol. The van der Waals surface area contributed by atoms with E-state index >= 15 is 0 Å². The van der Waals surface area contributed by atoms with Crippen molar-refractivity contribution in [1.82, 2.24) is 9.55 Å². The first-order chi connectivity index (χ1) is 11.2. The fourth-order valence-electron chi connectivity index (χ4n) is 2.53. The second kappa shape index (κ2) is 6.62. The summed E-state index contributed by atoms with van der Waals surface area (Å²) in [6.45, 7) is 0.684. The van der Waals surface area contributed by atoms with Gasteiger partial charge in [-0.3, -0.25) is 0 Å². The van der Waals surface area contributed by atoms with E-state index in [1.54, 1.807) is 13.3 Å². The van der Waals surface area contributed by atoms with Crippen molar-refractivity contribution >= 4 is 17.2 Å². The number of para-hydroxylation sites is 1. The smallest absolute Gasteiger partial charge is 0.143 e. The van der Waals surface area contributed by atoms with Gasteiger partial charge >= 0.3 is 0 Å². The van der Waals surface area contributed by atoms with Crippen LogP contribution in [0, 0.1) is 0 Å². The van der Waals surface area contributed by atoms with Gasteiger partial charge < -0.3 is 15.0 Å². The van der Waals surface area contributed by atoms with E-state index in [9.17, 15) is 0 Å². The van der Waals surface area contributed by atoms with Crippen molar-refractivity contribution < 1.29 is 4.74 Å². The molecule has 0 spiro atoms. The minimum atomic E-state index is 0.405. The number of hydrogen-bond acceptors (Lipinski definition) is 3. The first kappa shape index (κ1) is 15.2. The molecule has 1 aromatic heterocycles. The van der Waals surface area contributed by atoms with Gasteiger partial charge in [0.05, 0.1) is 12.7 Å². The topological polar surface area (TPSA) is 53.1 Å². The zero-order valence-electron chi connectivity index (χ0n) is 12.8. The molecular formula is C18H17N3OS. The van der Waals surface area contributed by atoms with E-state index < -0.39 is 0 Å². The molecule has 0 aliphatic carbocycles. The maximum Gasteiger partial charge on any atom is 0.143 e. The van der Waals surface area contributed by atoms with Crippen molar-refractivity contribution in [2.45, 2.75) is 6.54 Å². The molecular weight excluding hydrogens is 306 g/mol. The molecule has 2 N–H and O–H groups in total. The molecule has 4 nitrogen and oxygen atoms in total. The molecule has 23 heavy (non-hydrogen) atoms. The van der Waals surface area contributed by atoms with Gasteiger partial charge in [-0.2, -0.15) is 0 Å². The number of methoxy groups -OCH3 is 1. The predicted molar refractivity (Wildman–Crippen MR) is 95.6 cm³/mol. The van der Waals surface area contributed by atoms with E-state index in [2.05, 4.69) is 9.55 Å². The Hall–Kier alpha value is -2.66. The van der Waals surface area contributed by atoms with Gasteiger partial charge in [0.1, 0.15) is 16.6 Å². The maximum atomic E-state index is 5.71. The summed E-state index contributed by atoms with van der Waals surface area (Å²) in [6.07, 6.45) is 3.74. The fraction of sp³-hybridized carbons (Fsp3) is 0.111. The molecule has 2 aromatic carbocycles. The van der Waals surface area contributed by atoms with Crippen LogP contribution in [0.3, 0.4) is 0 Å². The number of nitrogens with zero attached hydrogens (tertiary/aromatic N) is 2. The highest BCUT2D eigenvalue weighted by Crippen LogP contribution is 2.28. The number of nitrogens with two attached hydrogens (primary N) is 1. The van der Waals surface area contributed by atoms with Crippen LogP contribution in [0.5, 0.6) is 5.75 Å². The summed E-state index contributed by atoms with van der Waals surface area (Å²) >= 11 is 5.05. The molecule has 0 radical (unpaired) electrons. The second-order valence-electron chi connectivity index (χ2n) is 5.14. The zero-order chi connectivity index (χ0) is 16.2. The Morgan fingerprint density at radius 1 is 1.22 bits per heavy atom. The lowest BCUT2D eigenvalue weighted by molar-refractivity contribution is 0.416. The summed E-state index contributed by atoms with van der Waals surface area (Å²) in [4.78, 5) is 4.89. The molecule has 3 aromatic rings. The quantitative estimate of drug-likeness (QED) is 0.732. The molecule has 0 fully saturated rings. The highest BCUT2D eigenvalue weighted by Gasteiger charge is 2.11. The Balaban J connectivity index is 1.96. The summed E-state index contributed by atoms with van der Waals surface area (Å²) in [5.74, 6) is 1.67. The SMILES string of the molecule is COc1ccccc1-c1nccn1Cc1cccc(C(N)=S)c1. The Morgan fingerprint density at radius 3 is 2.83 bits per heavy atom. The zero-order valence-corrected chi connectivity index (χ0v) is 13.6. The summed E-state index contributed by atoms with van der Waals surface area (Å²) < 4.78 is 7.52. The van der Waals surface area contributed by atoms with Gasteiger partial charge in [-0.05, 0) is 23.8 Å². The molecule has 3 rings (SSSR count). The lowest BCUT2D eigenvalue weighted by atomic mass is 10.1. The van der Waals surface area contributed by atoms with Crippen molar-refractivity contribution in [1.29, 1.82) is 0 Å². The van der Waals surface area contributed by atoms with Gasteiger partial charge in [0, 0.05) is 24.5 Å². The predicted octanol–water partition coefficient (Wildman–Crippen LogP) is 3.24. The number of benzene rings is 2. The summed E-state index contributed by atoms with van der Waals surface area (Å²) in [7, 11) is 1.66. The van der Waals surface area contributed by atoms with Crippen molar-refractivity contribution in [2.75, 3.05) is 7.11 Å². The number of ether oxygens (including phenoxy) is 1. The Kier molecular flexibility index (Phi) is 4.39. The third-order valence-electron chi connectivity index (χ3n) is 3.63. The van der Waals surface area contributed by atoms with Gasteiger partial charge in [0.25, 0.3) is 0 Å². The average Bonchev–Trinajstić information content (AvgIpc) is 3.03. The van der Waals surface area contributed by atoms with Crippen molar-refractivity contribution in [3.8, 4) is 17.1 Å². The molecule has 0 saturated carbocycles.